The zero-order valence-electron chi connectivity index (χ0n) is 24.3. The summed E-state index contributed by atoms with van der Waals surface area (Å²) in [5.41, 5.74) is 1.90. The third kappa shape index (κ3) is 8.22. The fourth-order valence-corrected chi connectivity index (χ4v) is 4.75. The van der Waals surface area contributed by atoms with Gasteiger partial charge < -0.3 is 24.1 Å². The number of fused-ring (bicyclic) bond motifs is 2. The van der Waals surface area contributed by atoms with E-state index in [4.69, 9.17) is 13.9 Å². The van der Waals surface area contributed by atoms with Gasteiger partial charge in [-0.1, -0.05) is 30.4 Å². The Hall–Kier alpha value is -5.72. The van der Waals surface area contributed by atoms with Crippen LogP contribution in [0, 0.1) is 10.1 Å². The number of carbonyl (C=O) groups excluding carboxylic acids is 2. The molecule has 0 bridgehead atoms. The highest BCUT2D eigenvalue weighted by Crippen LogP contribution is 2.32. The average Bonchev–Trinajstić information content (AvgIpc) is 3.66. The number of rotatable bonds is 8. The van der Waals surface area contributed by atoms with Crippen LogP contribution in [-0.2, 0) is 22.7 Å². The van der Waals surface area contributed by atoms with Crippen molar-refractivity contribution in [1.29, 1.82) is 0 Å². The zero-order chi connectivity index (χ0) is 31.6. The Labute approximate surface area is 257 Å². The van der Waals surface area contributed by atoms with Crippen LogP contribution in [0.1, 0.15) is 30.5 Å². The lowest BCUT2D eigenvalue weighted by Crippen LogP contribution is -2.34. The van der Waals surface area contributed by atoms with Crippen molar-refractivity contribution in [3.05, 3.63) is 111 Å². The summed E-state index contributed by atoms with van der Waals surface area (Å²) in [5, 5.41) is 13.4. The summed E-state index contributed by atoms with van der Waals surface area (Å²) in [4.78, 5) is 51.9. The molecule has 2 aliphatic rings. The molecule has 0 radical (unpaired) electrons. The maximum atomic E-state index is 12.0. The molecular formula is C32H31N5O8. The second kappa shape index (κ2) is 14.6. The van der Waals surface area contributed by atoms with Crippen LogP contribution in [-0.4, -0.2) is 51.1 Å². The van der Waals surface area contributed by atoms with Crippen molar-refractivity contribution in [1.82, 2.24) is 19.8 Å². The highest BCUT2D eigenvalue weighted by atomic mass is 16.7. The molecule has 1 N–H and O–H groups in total. The Kier molecular flexibility index (Phi) is 10.00. The third-order valence-corrected chi connectivity index (χ3v) is 7.06. The molecule has 2 amide bonds. The SMILES string of the molecule is O=C(C=CC=Cc1ccc2c(c1)OCO2)N1CCCCC1.O=C(Cn1c(=O)oc2cc([N+](=O)[O-])ccc21)NCc1ccccn1. The molecule has 0 unspecified atom stereocenters. The van der Waals surface area contributed by atoms with Crippen molar-refractivity contribution in [2.24, 2.45) is 0 Å². The minimum absolute atomic E-state index is 0.0618. The first-order valence-corrected chi connectivity index (χ1v) is 14.3. The number of hydrogen-bond acceptors (Lipinski definition) is 9. The number of amides is 2. The van der Waals surface area contributed by atoms with Crippen LogP contribution in [0.4, 0.5) is 5.69 Å². The Bertz CT molecular complexity index is 1790. The highest BCUT2D eigenvalue weighted by Gasteiger charge is 2.17. The van der Waals surface area contributed by atoms with Crippen LogP contribution in [0.15, 0.2) is 88.2 Å². The molecule has 0 saturated carbocycles. The topological polar surface area (TPSA) is 159 Å². The number of carbonyl (C=O) groups is 2. The van der Waals surface area contributed by atoms with Gasteiger partial charge in [0.2, 0.25) is 18.6 Å². The molecule has 232 valence electrons. The third-order valence-electron chi connectivity index (χ3n) is 7.06. The van der Waals surface area contributed by atoms with Crippen LogP contribution in [0.5, 0.6) is 11.5 Å². The lowest BCUT2D eigenvalue weighted by Gasteiger charge is -2.25. The van der Waals surface area contributed by atoms with E-state index in [1.807, 2.05) is 35.3 Å². The van der Waals surface area contributed by atoms with Crippen molar-refractivity contribution >= 4 is 34.7 Å². The van der Waals surface area contributed by atoms with Crippen molar-refractivity contribution in [3.8, 4) is 11.5 Å². The normalized spacial score (nSPS) is 14.0. The predicted molar refractivity (Wildman–Crippen MR) is 164 cm³/mol. The van der Waals surface area contributed by atoms with E-state index in [1.54, 1.807) is 36.5 Å². The van der Waals surface area contributed by atoms with E-state index in [-0.39, 0.29) is 37.1 Å². The van der Waals surface area contributed by atoms with Crippen LogP contribution in [0.2, 0.25) is 0 Å². The number of likely N-dealkylation sites (tertiary alicyclic amines) is 1. The fraction of sp³-hybridized carbons (Fsp3) is 0.250. The maximum absolute atomic E-state index is 12.0. The summed E-state index contributed by atoms with van der Waals surface area (Å²) >= 11 is 0. The van der Waals surface area contributed by atoms with Gasteiger partial charge in [0.15, 0.2) is 17.1 Å². The number of ether oxygens (including phenoxy) is 2. The summed E-state index contributed by atoms with van der Waals surface area (Å²) in [6.07, 6.45) is 12.3. The number of piperidine rings is 1. The maximum Gasteiger partial charge on any atom is 0.420 e. The summed E-state index contributed by atoms with van der Waals surface area (Å²) in [7, 11) is 0. The summed E-state index contributed by atoms with van der Waals surface area (Å²) in [6, 6.07) is 14.9. The second-order valence-corrected chi connectivity index (χ2v) is 10.2. The number of nitro groups is 1. The van der Waals surface area contributed by atoms with E-state index in [1.165, 1.54) is 18.6 Å². The van der Waals surface area contributed by atoms with Gasteiger partial charge in [-0.25, -0.2) is 4.79 Å². The van der Waals surface area contributed by atoms with E-state index >= 15 is 0 Å². The molecular weight excluding hydrogens is 582 g/mol. The van der Waals surface area contributed by atoms with E-state index in [0.717, 1.165) is 53.6 Å². The molecule has 2 aromatic carbocycles. The predicted octanol–water partition coefficient (Wildman–Crippen LogP) is 4.21. The van der Waals surface area contributed by atoms with Gasteiger partial charge in [0, 0.05) is 31.4 Å². The van der Waals surface area contributed by atoms with Gasteiger partial charge in [-0.2, -0.15) is 0 Å². The molecule has 2 aliphatic heterocycles. The number of nitro benzene ring substituents is 1. The van der Waals surface area contributed by atoms with Gasteiger partial charge in [0.05, 0.1) is 28.7 Å². The number of hydrogen-bond donors (Lipinski definition) is 1. The average molecular weight is 614 g/mol. The molecule has 6 rings (SSSR count). The number of benzene rings is 2. The summed E-state index contributed by atoms with van der Waals surface area (Å²) in [5.74, 6) is 0.501. The molecule has 0 spiro atoms. The molecule has 45 heavy (non-hydrogen) atoms. The van der Waals surface area contributed by atoms with E-state index in [9.17, 15) is 24.5 Å². The number of pyridine rings is 1. The first kappa shape index (κ1) is 30.7. The Morgan fingerprint density at radius 1 is 1.00 bits per heavy atom. The molecule has 4 aromatic rings. The number of allylic oxidation sites excluding steroid dienone is 2. The minimum Gasteiger partial charge on any atom is -0.454 e. The zero-order valence-corrected chi connectivity index (χ0v) is 24.3. The van der Waals surface area contributed by atoms with Crippen LogP contribution in [0.3, 0.4) is 0 Å². The number of nitrogens with one attached hydrogen (secondary N) is 1. The van der Waals surface area contributed by atoms with Gasteiger partial charge in [-0.15, -0.1) is 0 Å². The standard InChI is InChI=1S/C17H19NO3.C15H12N4O5/c19-17(18-10-4-1-5-11-18)7-3-2-6-14-8-9-15-16(12-14)21-13-20-15;20-14(17-8-10-3-1-2-6-16-10)9-18-12-5-4-11(19(22)23)7-13(12)24-15(18)21/h2-3,6-9,12H,1,4-5,10-11,13H2;1-7H,8-9H2,(H,17,20). The molecule has 0 atom stereocenters. The Morgan fingerprint density at radius 3 is 2.60 bits per heavy atom. The van der Waals surface area contributed by atoms with Crippen LogP contribution < -0.4 is 20.5 Å². The van der Waals surface area contributed by atoms with Crippen LogP contribution >= 0.6 is 0 Å². The van der Waals surface area contributed by atoms with Crippen molar-refractivity contribution < 1.29 is 28.4 Å². The summed E-state index contributed by atoms with van der Waals surface area (Å²) in [6.45, 7) is 2.03. The second-order valence-electron chi connectivity index (χ2n) is 10.2. The smallest absolute Gasteiger partial charge is 0.420 e. The van der Waals surface area contributed by atoms with E-state index in [0.29, 0.717) is 11.2 Å². The monoisotopic (exact) mass is 613 g/mol. The molecule has 1 saturated heterocycles. The fourth-order valence-electron chi connectivity index (χ4n) is 4.75. The lowest BCUT2D eigenvalue weighted by molar-refractivity contribution is -0.384. The van der Waals surface area contributed by atoms with Gasteiger partial charge in [-0.3, -0.25) is 29.3 Å². The van der Waals surface area contributed by atoms with Crippen molar-refractivity contribution in [2.75, 3.05) is 19.9 Å². The van der Waals surface area contributed by atoms with E-state index < -0.39 is 16.6 Å². The number of non-ortho nitro benzene ring substituents is 1. The van der Waals surface area contributed by atoms with Gasteiger partial charge >= 0.3 is 5.76 Å². The van der Waals surface area contributed by atoms with E-state index in [2.05, 4.69) is 10.3 Å². The number of oxazole rings is 1. The minimum atomic E-state index is -0.751. The highest BCUT2D eigenvalue weighted by molar-refractivity contribution is 5.88. The summed E-state index contributed by atoms with van der Waals surface area (Å²) < 4.78 is 16.7. The van der Waals surface area contributed by atoms with Gasteiger partial charge in [0.1, 0.15) is 6.54 Å². The molecule has 1 fully saturated rings. The van der Waals surface area contributed by atoms with Crippen LogP contribution in [0.25, 0.3) is 17.2 Å². The van der Waals surface area contributed by atoms with Gasteiger partial charge in [0.25, 0.3) is 5.69 Å². The quantitative estimate of drug-likeness (QED) is 0.133. The molecule has 2 aromatic heterocycles. The molecule has 4 heterocycles. The molecule has 0 aliphatic carbocycles. The first-order chi connectivity index (χ1) is 21.9. The molecule has 13 nitrogen and oxygen atoms in total. The Morgan fingerprint density at radius 2 is 1.82 bits per heavy atom. The largest absolute Gasteiger partial charge is 0.454 e. The molecule has 13 heteroatoms. The van der Waals surface area contributed by atoms with Crippen molar-refractivity contribution in [2.45, 2.75) is 32.4 Å². The Balaban J connectivity index is 0.000000179. The van der Waals surface area contributed by atoms with Crippen molar-refractivity contribution in [3.63, 3.8) is 0 Å². The number of nitrogens with zero attached hydrogens (tertiary/aromatic N) is 4. The first-order valence-electron chi connectivity index (χ1n) is 14.3. The lowest BCUT2D eigenvalue weighted by atomic mass is 10.1. The number of aromatic nitrogens is 2. The van der Waals surface area contributed by atoms with Gasteiger partial charge in [-0.05, 0) is 55.2 Å².